The van der Waals surface area contributed by atoms with Crippen molar-refractivity contribution in [3.8, 4) is 22.8 Å². The van der Waals surface area contributed by atoms with Crippen molar-refractivity contribution in [2.45, 2.75) is 6.42 Å². The molecule has 0 fully saturated rings. The van der Waals surface area contributed by atoms with E-state index in [1.54, 1.807) is 30.5 Å². The summed E-state index contributed by atoms with van der Waals surface area (Å²) in [5.41, 5.74) is 2.50. The van der Waals surface area contributed by atoms with Crippen LogP contribution in [0.1, 0.15) is 11.1 Å². The van der Waals surface area contributed by atoms with Crippen molar-refractivity contribution in [3.05, 3.63) is 72.3 Å². The van der Waals surface area contributed by atoms with Crippen LogP contribution in [0.3, 0.4) is 0 Å². The number of allylic oxidation sites excluding steroid dienone is 1. The summed E-state index contributed by atoms with van der Waals surface area (Å²) in [4.78, 5) is 16.1. The van der Waals surface area contributed by atoms with E-state index >= 15 is 0 Å². The third-order valence-electron chi connectivity index (χ3n) is 3.69. The number of ketones is 1. The summed E-state index contributed by atoms with van der Waals surface area (Å²) in [6, 6.07) is 12.6. The monoisotopic (exact) mass is 335 g/mol. The number of oxazole rings is 1. The predicted molar refractivity (Wildman–Crippen MR) is 94.3 cm³/mol. The number of nitrogens with zero attached hydrogens (tertiary/aromatic N) is 1. The first-order valence-electron chi connectivity index (χ1n) is 7.71. The predicted octanol–water partition coefficient (Wildman–Crippen LogP) is 3.88. The Morgan fingerprint density at radius 2 is 2.16 bits per heavy atom. The number of hydrogen-bond donors (Lipinski definition) is 1. The second-order valence-corrected chi connectivity index (χ2v) is 5.47. The van der Waals surface area contributed by atoms with Gasteiger partial charge in [-0.15, -0.1) is 0 Å². The Hall–Kier alpha value is -3.34. The highest BCUT2D eigenvalue weighted by Gasteiger charge is 2.05. The summed E-state index contributed by atoms with van der Waals surface area (Å²) in [6.45, 7) is 0. The third kappa shape index (κ3) is 4.14. The van der Waals surface area contributed by atoms with Crippen LogP contribution in [0.25, 0.3) is 17.4 Å². The molecular formula is C20H17NO4. The molecule has 0 saturated heterocycles. The Balaban J connectivity index is 1.68. The fraction of sp³-hybridized carbons (Fsp3) is 0.100. The summed E-state index contributed by atoms with van der Waals surface area (Å²) in [6.07, 6.45) is 6.46. The molecule has 1 aromatic heterocycles. The average Bonchev–Trinajstić information content (AvgIpc) is 3.15. The van der Waals surface area contributed by atoms with Crippen molar-refractivity contribution in [2.24, 2.45) is 0 Å². The summed E-state index contributed by atoms with van der Waals surface area (Å²) >= 11 is 0. The number of aromatic nitrogens is 1. The number of rotatable bonds is 6. The van der Waals surface area contributed by atoms with Crippen molar-refractivity contribution in [3.63, 3.8) is 0 Å². The molecule has 2 aromatic carbocycles. The van der Waals surface area contributed by atoms with Gasteiger partial charge in [-0.3, -0.25) is 4.79 Å². The molecule has 126 valence electrons. The summed E-state index contributed by atoms with van der Waals surface area (Å²) in [5, 5.41) is 9.75. The standard InChI is InChI=1S/C20H17NO4/c1-24-19-8-6-14(11-18(19)23)5-7-17(22)10-15-3-2-4-16(9-15)20-12-21-13-25-20/h2-9,11-13,23H,10H2,1H3/b7-5+. The minimum absolute atomic E-state index is 0.0370. The number of benzene rings is 2. The van der Waals surface area contributed by atoms with E-state index in [1.165, 1.54) is 19.6 Å². The Morgan fingerprint density at radius 1 is 1.28 bits per heavy atom. The maximum Gasteiger partial charge on any atom is 0.181 e. The van der Waals surface area contributed by atoms with Gasteiger partial charge in [-0.25, -0.2) is 4.98 Å². The van der Waals surface area contributed by atoms with E-state index < -0.39 is 0 Å². The van der Waals surface area contributed by atoms with Crippen molar-refractivity contribution in [1.29, 1.82) is 0 Å². The van der Waals surface area contributed by atoms with E-state index in [2.05, 4.69) is 4.98 Å². The molecule has 25 heavy (non-hydrogen) atoms. The second kappa shape index (κ2) is 7.49. The number of carbonyl (C=O) groups is 1. The van der Waals surface area contributed by atoms with E-state index in [0.29, 0.717) is 11.5 Å². The number of aromatic hydroxyl groups is 1. The number of methoxy groups -OCH3 is 1. The van der Waals surface area contributed by atoms with E-state index in [4.69, 9.17) is 9.15 Å². The van der Waals surface area contributed by atoms with Crippen molar-refractivity contribution >= 4 is 11.9 Å². The molecular weight excluding hydrogens is 318 g/mol. The van der Waals surface area contributed by atoms with Gasteiger partial charge in [0, 0.05) is 12.0 Å². The van der Waals surface area contributed by atoms with Crippen LogP contribution in [0, 0.1) is 0 Å². The van der Waals surface area contributed by atoms with Gasteiger partial charge in [-0.1, -0.05) is 30.3 Å². The van der Waals surface area contributed by atoms with Crippen molar-refractivity contribution < 1.29 is 19.1 Å². The van der Waals surface area contributed by atoms with Crippen LogP contribution in [0.4, 0.5) is 0 Å². The summed E-state index contributed by atoms with van der Waals surface area (Å²) in [7, 11) is 1.49. The molecule has 0 aliphatic rings. The quantitative estimate of drug-likeness (QED) is 0.692. The Labute approximate surface area is 145 Å². The largest absolute Gasteiger partial charge is 0.504 e. The van der Waals surface area contributed by atoms with Crippen LogP contribution >= 0.6 is 0 Å². The second-order valence-electron chi connectivity index (χ2n) is 5.47. The highest BCUT2D eigenvalue weighted by atomic mass is 16.5. The zero-order chi connectivity index (χ0) is 17.6. The maximum absolute atomic E-state index is 12.2. The highest BCUT2D eigenvalue weighted by molar-refractivity contribution is 5.95. The molecule has 0 unspecified atom stereocenters. The average molecular weight is 335 g/mol. The van der Waals surface area contributed by atoms with Gasteiger partial charge in [0.2, 0.25) is 0 Å². The zero-order valence-electron chi connectivity index (χ0n) is 13.7. The summed E-state index contributed by atoms with van der Waals surface area (Å²) < 4.78 is 10.3. The molecule has 5 nitrogen and oxygen atoms in total. The molecule has 1 N–H and O–H groups in total. The van der Waals surface area contributed by atoms with Gasteiger partial charge in [0.05, 0.1) is 13.3 Å². The van der Waals surface area contributed by atoms with Gasteiger partial charge in [-0.05, 0) is 35.4 Å². The van der Waals surface area contributed by atoms with Crippen LogP contribution in [0.15, 0.2) is 65.5 Å². The number of carbonyl (C=O) groups excluding carboxylic acids is 1. The SMILES string of the molecule is COc1ccc(/C=C/C(=O)Cc2cccc(-c3cnco3)c2)cc1O. The molecule has 3 rings (SSSR count). The molecule has 3 aromatic rings. The van der Waals surface area contributed by atoms with E-state index in [0.717, 1.165) is 16.7 Å². The first kappa shape index (κ1) is 16.5. The normalized spacial score (nSPS) is 10.9. The first-order chi connectivity index (χ1) is 12.2. The molecule has 1 heterocycles. The lowest BCUT2D eigenvalue weighted by molar-refractivity contribution is -0.113. The van der Waals surface area contributed by atoms with Gasteiger partial charge >= 0.3 is 0 Å². The van der Waals surface area contributed by atoms with Crippen molar-refractivity contribution in [2.75, 3.05) is 7.11 Å². The molecule has 0 radical (unpaired) electrons. The third-order valence-corrected chi connectivity index (χ3v) is 3.69. The van der Waals surface area contributed by atoms with Crippen LogP contribution in [0.5, 0.6) is 11.5 Å². The van der Waals surface area contributed by atoms with Crippen LogP contribution in [-0.2, 0) is 11.2 Å². The first-order valence-corrected chi connectivity index (χ1v) is 7.71. The fourth-order valence-corrected chi connectivity index (χ4v) is 2.45. The maximum atomic E-state index is 12.2. The lowest BCUT2D eigenvalue weighted by atomic mass is 10.0. The zero-order valence-corrected chi connectivity index (χ0v) is 13.7. The summed E-state index contributed by atoms with van der Waals surface area (Å²) in [5.74, 6) is 1.06. The molecule has 0 amide bonds. The van der Waals surface area contributed by atoms with Crippen LogP contribution < -0.4 is 4.74 Å². The molecule has 0 atom stereocenters. The van der Waals surface area contributed by atoms with Gasteiger partial charge in [0.1, 0.15) is 0 Å². The number of phenols is 1. The molecule has 0 aliphatic heterocycles. The lowest BCUT2D eigenvalue weighted by Gasteiger charge is -2.03. The molecule has 5 heteroatoms. The van der Waals surface area contributed by atoms with Crippen molar-refractivity contribution in [1.82, 2.24) is 4.98 Å². The van der Waals surface area contributed by atoms with Gasteiger partial charge < -0.3 is 14.3 Å². The number of ether oxygens (including phenoxy) is 1. The van der Waals surface area contributed by atoms with E-state index in [1.807, 2.05) is 24.3 Å². The van der Waals surface area contributed by atoms with E-state index in [9.17, 15) is 9.90 Å². The van der Waals surface area contributed by atoms with Gasteiger partial charge in [0.25, 0.3) is 0 Å². The topological polar surface area (TPSA) is 72.6 Å². The lowest BCUT2D eigenvalue weighted by Crippen LogP contribution is -1.98. The fourth-order valence-electron chi connectivity index (χ4n) is 2.45. The molecule has 0 aliphatic carbocycles. The minimum atomic E-state index is -0.0370. The molecule has 0 saturated carbocycles. The molecule has 0 bridgehead atoms. The smallest absolute Gasteiger partial charge is 0.181 e. The minimum Gasteiger partial charge on any atom is -0.504 e. The van der Waals surface area contributed by atoms with Gasteiger partial charge in [0.15, 0.2) is 29.4 Å². The Morgan fingerprint density at radius 3 is 2.88 bits per heavy atom. The number of hydrogen-bond acceptors (Lipinski definition) is 5. The van der Waals surface area contributed by atoms with E-state index in [-0.39, 0.29) is 18.0 Å². The van der Waals surface area contributed by atoms with Crippen LogP contribution in [-0.4, -0.2) is 23.0 Å². The number of phenolic OH excluding ortho intramolecular Hbond substituents is 1. The Kier molecular flexibility index (Phi) is 4.95. The molecule has 0 spiro atoms. The van der Waals surface area contributed by atoms with Gasteiger partial charge in [-0.2, -0.15) is 0 Å². The Bertz CT molecular complexity index is 898. The van der Waals surface area contributed by atoms with Crippen LogP contribution in [0.2, 0.25) is 0 Å². The highest BCUT2D eigenvalue weighted by Crippen LogP contribution is 2.26.